The Balaban J connectivity index is 2.04. The summed E-state index contributed by atoms with van der Waals surface area (Å²) in [6, 6.07) is 4.14. The predicted octanol–water partition coefficient (Wildman–Crippen LogP) is 1.19. The molecule has 1 atom stereocenters. The van der Waals surface area contributed by atoms with Gasteiger partial charge in [-0.25, -0.2) is 0 Å². The molecule has 1 saturated heterocycles. The van der Waals surface area contributed by atoms with Crippen molar-refractivity contribution in [2.45, 2.75) is 38.6 Å². The fourth-order valence-electron chi connectivity index (χ4n) is 2.66. The van der Waals surface area contributed by atoms with Gasteiger partial charge in [-0.05, 0) is 37.9 Å². The second kappa shape index (κ2) is 7.93. The Kier molecular flexibility index (Phi) is 5.92. The van der Waals surface area contributed by atoms with Crippen LogP contribution in [0, 0.1) is 0 Å². The van der Waals surface area contributed by atoms with Crippen molar-refractivity contribution in [1.82, 2.24) is 20.8 Å². The van der Waals surface area contributed by atoms with E-state index in [1.807, 2.05) is 6.07 Å². The predicted molar refractivity (Wildman–Crippen MR) is 83.6 cm³/mol. The summed E-state index contributed by atoms with van der Waals surface area (Å²) in [6.45, 7) is 5.16. The van der Waals surface area contributed by atoms with Crippen LogP contribution < -0.4 is 15.5 Å². The molecule has 2 rings (SSSR count). The van der Waals surface area contributed by atoms with Gasteiger partial charge in [0.1, 0.15) is 0 Å². The number of piperidine rings is 1. The lowest BCUT2D eigenvalue weighted by Crippen LogP contribution is -2.44. The maximum atomic E-state index is 11.5. The van der Waals surface area contributed by atoms with E-state index in [0.717, 1.165) is 31.9 Å². The van der Waals surface area contributed by atoms with Crippen molar-refractivity contribution in [1.29, 1.82) is 0 Å². The smallest absolute Gasteiger partial charge is 0.271 e. The number of anilines is 1. The van der Waals surface area contributed by atoms with Gasteiger partial charge < -0.3 is 15.5 Å². The fourth-order valence-corrected chi connectivity index (χ4v) is 2.66. The molecule has 1 aliphatic rings. The highest BCUT2D eigenvalue weighted by atomic mass is 16.1. The van der Waals surface area contributed by atoms with Crippen LogP contribution >= 0.6 is 0 Å². The van der Waals surface area contributed by atoms with Crippen LogP contribution in [-0.4, -0.2) is 48.8 Å². The van der Waals surface area contributed by atoms with Crippen molar-refractivity contribution in [3.05, 3.63) is 17.8 Å². The standard InChI is InChI=1S/C15H25N5O/c1-3-10-20(11-12-6-4-5-9-17-12)14-8-7-13(18-19-14)15(21)16-2/h7-8,12,17H,3-6,9-11H2,1-2H3,(H,16,21). The van der Waals surface area contributed by atoms with E-state index in [4.69, 9.17) is 0 Å². The lowest BCUT2D eigenvalue weighted by molar-refractivity contribution is 0.0957. The maximum absolute atomic E-state index is 11.5. The second-order valence-electron chi connectivity index (χ2n) is 5.45. The highest BCUT2D eigenvalue weighted by molar-refractivity contribution is 5.91. The number of nitrogens with zero attached hydrogens (tertiary/aromatic N) is 3. The number of rotatable bonds is 6. The first-order valence-electron chi connectivity index (χ1n) is 7.78. The molecule has 0 aliphatic carbocycles. The van der Waals surface area contributed by atoms with Gasteiger partial charge in [0.05, 0.1) is 0 Å². The number of hydrogen-bond donors (Lipinski definition) is 2. The Bertz CT molecular complexity index is 442. The minimum Gasteiger partial charge on any atom is -0.354 e. The lowest BCUT2D eigenvalue weighted by Gasteiger charge is -2.31. The van der Waals surface area contributed by atoms with Crippen molar-refractivity contribution in [3.63, 3.8) is 0 Å². The molecule has 6 heteroatoms. The van der Waals surface area contributed by atoms with Crippen LogP contribution in [0.25, 0.3) is 0 Å². The van der Waals surface area contributed by atoms with Crippen molar-refractivity contribution in [3.8, 4) is 0 Å². The molecule has 0 radical (unpaired) electrons. The number of aromatic nitrogens is 2. The molecule has 2 heterocycles. The first-order valence-corrected chi connectivity index (χ1v) is 7.78. The molecule has 1 amide bonds. The third-order valence-electron chi connectivity index (χ3n) is 3.78. The summed E-state index contributed by atoms with van der Waals surface area (Å²) in [5.41, 5.74) is 0.355. The van der Waals surface area contributed by atoms with Gasteiger partial charge in [-0.15, -0.1) is 10.2 Å². The van der Waals surface area contributed by atoms with Gasteiger partial charge in [0.2, 0.25) is 0 Å². The van der Waals surface area contributed by atoms with Crippen LogP contribution in [-0.2, 0) is 0 Å². The fraction of sp³-hybridized carbons (Fsp3) is 0.667. The highest BCUT2D eigenvalue weighted by Gasteiger charge is 2.18. The third-order valence-corrected chi connectivity index (χ3v) is 3.78. The van der Waals surface area contributed by atoms with Gasteiger partial charge in [-0.3, -0.25) is 4.79 Å². The molecule has 0 spiro atoms. The Morgan fingerprint density at radius 1 is 1.43 bits per heavy atom. The number of carbonyl (C=O) groups excluding carboxylic acids is 1. The van der Waals surface area contributed by atoms with Crippen LogP contribution in [0.2, 0.25) is 0 Å². The highest BCUT2D eigenvalue weighted by Crippen LogP contribution is 2.14. The van der Waals surface area contributed by atoms with Gasteiger partial charge in [0.15, 0.2) is 11.5 Å². The van der Waals surface area contributed by atoms with Crippen LogP contribution in [0.4, 0.5) is 5.82 Å². The average Bonchev–Trinajstić information content (AvgIpc) is 2.55. The molecule has 1 unspecified atom stereocenters. The Morgan fingerprint density at radius 2 is 2.29 bits per heavy atom. The van der Waals surface area contributed by atoms with Crippen molar-refractivity contribution in [2.24, 2.45) is 0 Å². The minimum atomic E-state index is -0.204. The molecule has 116 valence electrons. The van der Waals surface area contributed by atoms with Crippen molar-refractivity contribution >= 4 is 11.7 Å². The number of carbonyl (C=O) groups is 1. The van der Waals surface area contributed by atoms with Gasteiger partial charge in [-0.1, -0.05) is 13.3 Å². The largest absolute Gasteiger partial charge is 0.354 e. The molecule has 0 saturated carbocycles. The molecule has 21 heavy (non-hydrogen) atoms. The van der Waals surface area contributed by atoms with Gasteiger partial charge >= 0.3 is 0 Å². The molecule has 0 bridgehead atoms. The zero-order chi connectivity index (χ0) is 15.1. The van der Waals surface area contributed by atoms with E-state index in [9.17, 15) is 4.79 Å². The quantitative estimate of drug-likeness (QED) is 0.824. The Hall–Kier alpha value is -1.69. The van der Waals surface area contributed by atoms with E-state index in [0.29, 0.717) is 11.7 Å². The van der Waals surface area contributed by atoms with Crippen molar-refractivity contribution < 1.29 is 4.79 Å². The molecule has 6 nitrogen and oxygen atoms in total. The van der Waals surface area contributed by atoms with E-state index in [-0.39, 0.29) is 5.91 Å². The molecular weight excluding hydrogens is 266 g/mol. The zero-order valence-electron chi connectivity index (χ0n) is 12.9. The van der Waals surface area contributed by atoms with Gasteiger partial charge in [-0.2, -0.15) is 0 Å². The van der Waals surface area contributed by atoms with E-state index in [1.165, 1.54) is 19.3 Å². The molecule has 1 aromatic rings. The molecule has 0 aromatic carbocycles. The Morgan fingerprint density at radius 3 is 2.86 bits per heavy atom. The maximum Gasteiger partial charge on any atom is 0.271 e. The topological polar surface area (TPSA) is 70.2 Å². The van der Waals surface area contributed by atoms with Crippen LogP contribution in [0.5, 0.6) is 0 Å². The summed E-state index contributed by atoms with van der Waals surface area (Å²) >= 11 is 0. The Labute approximate surface area is 126 Å². The van der Waals surface area contributed by atoms with Crippen molar-refractivity contribution in [2.75, 3.05) is 31.6 Å². The van der Waals surface area contributed by atoms with Gasteiger partial charge in [0.25, 0.3) is 5.91 Å². The summed E-state index contributed by atoms with van der Waals surface area (Å²) in [4.78, 5) is 13.8. The van der Waals surface area contributed by atoms with E-state index in [2.05, 4.69) is 32.7 Å². The molecule has 2 N–H and O–H groups in total. The minimum absolute atomic E-state index is 0.204. The monoisotopic (exact) mass is 291 g/mol. The summed E-state index contributed by atoms with van der Waals surface area (Å²) < 4.78 is 0. The second-order valence-corrected chi connectivity index (χ2v) is 5.45. The van der Waals surface area contributed by atoms with Crippen LogP contribution in [0.3, 0.4) is 0 Å². The first kappa shape index (κ1) is 15.7. The van der Waals surface area contributed by atoms with Crippen LogP contribution in [0.1, 0.15) is 43.1 Å². The normalized spacial score (nSPS) is 18.3. The molecular formula is C15H25N5O. The zero-order valence-corrected chi connectivity index (χ0v) is 12.9. The summed E-state index contributed by atoms with van der Waals surface area (Å²) in [6.07, 6.45) is 4.83. The number of hydrogen-bond acceptors (Lipinski definition) is 5. The molecule has 1 fully saturated rings. The van der Waals surface area contributed by atoms with E-state index in [1.54, 1.807) is 13.1 Å². The molecule has 1 aromatic heterocycles. The molecule has 1 aliphatic heterocycles. The van der Waals surface area contributed by atoms with Crippen LogP contribution in [0.15, 0.2) is 12.1 Å². The number of nitrogens with one attached hydrogen (secondary N) is 2. The lowest BCUT2D eigenvalue weighted by atomic mass is 10.0. The summed E-state index contributed by atoms with van der Waals surface area (Å²) in [5, 5.41) is 14.4. The van der Waals surface area contributed by atoms with Gasteiger partial charge in [0, 0.05) is 26.2 Å². The number of amides is 1. The van der Waals surface area contributed by atoms with E-state index >= 15 is 0 Å². The first-order chi connectivity index (χ1) is 10.2. The third kappa shape index (κ3) is 4.39. The summed E-state index contributed by atoms with van der Waals surface area (Å²) in [7, 11) is 1.59. The summed E-state index contributed by atoms with van der Waals surface area (Å²) in [5.74, 6) is 0.641. The van der Waals surface area contributed by atoms with E-state index < -0.39 is 0 Å². The average molecular weight is 291 g/mol. The SMILES string of the molecule is CCCN(CC1CCCCN1)c1ccc(C(=O)NC)nn1.